The lowest BCUT2D eigenvalue weighted by atomic mass is 9.81. The highest BCUT2D eigenvalue weighted by molar-refractivity contribution is 6.03. The number of imide groups is 1. The van der Waals surface area contributed by atoms with Crippen molar-refractivity contribution in [2.45, 2.75) is 56.7 Å². The van der Waals surface area contributed by atoms with E-state index in [0.717, 1.165) is 46.2 Å². The van der Waals surface area contributed by atoms with Gasteiger partial charge in [0.15, 0.2) is 0 Å². The number of carboxylic acid groups (broad SMARTS) is 1. The number of nitrogens with one attached hydrogen (secondary N) is 3. The second kappa shape index (κ2) is 10.5. The number of aromatic nitrogens is 1. The van der Waals surface area contributed by atoms with Crippen LogP contribution in [0.2, 0.25) is 0 Å². The highest BCUT2D eigenvalue weighted by Crippen LogP contribution is 2.31. The molecule has 9 nitrogen and oxygen atoms in total. The second-order valence-corrected chi connectivity index (χ2v) is 9.82. The van der Waals surface area contributed by atoms with Crippen LogP contribution in [-0.2, 0) is 27.2 Å². The van der Waals surface area contributed by atoms with Crippen LogP contribution in [0.5, 0.6) is 0 Å². The van der Waals surface area contributed by atoms with Crippen LogP contribution in [0.15, 0.2) is 60.8 Å². The van der Waals surface area contributed by atoms with E-state index in [1.807, 2.05) is 54.6 Å². The zero-order valence-corrected chi connectivity index (χ0v) is 20.4. The van der Waals surface area contributed by atoms with Gasteiger partial charge in [0, 0.05) is 36.0 Å². The van der Waals surface area contributed by atoms with Crippen LogP contribution in [0.1, 0.15) is 36.8 Å². The minimum Gasteiger partial charge on any atom is -0.480 e. The molecule has 0 spiro atoms. The van der Waals surface area contributed by atoms with Crippen molar-refractivity contribution in [1.82, 2.24) is 20.5 Å². The molecular formula is C28H30N4O5. The number of hydrogen-bond acceptors (Lipinski definition) is 4. The first-order chi connectivity index (χ1) is 17.9. The third-order valence-corrected chi connectivity index (χ3v) is 7.45. The number of fused-ring (bicyclic) bond motifs is 2. The van der Waals surface area contributed by atoms with Gasteiger partial charge >= 0.3 is 12.0 Å². The van der Waals surface area contributed by atoms with Crippen LogP contribution in [0, 0.1) is 5.92 Å². The molecule has 4 N–H and O–H groups in total. The maximum Gasteiger partial charge on any atom is 0.326 e. The van der Waals surface area contributed by atoms with E-state index in [1.165, 1.54) is 0 Å². The molecule has 2 aromatic carbocycles. The molecule has 0 bridgehead atoms. The van der Waals surface area contributed by atoms with Gasteiger partial charge in [-0.05, 0) is 30.0 Å². The second-order valence-electron chi connectivity index (χ2n) is 9.82. The number of amides is 4. The van der Waals surface area contributed by atoms with Crippen LogP contribution in [0.4, 0.5) is 4.79 Å². The molecule has 2 aliphatic rings. The quantitative estimate of drug-likeness (QED) is 0.376. The normalized spacial score (nSPS) is 21.1. The Morgan fingerprint density at radius 2 is 1.73 bits per heavy atom. The van der Waals surface area contributed by atoms with E-state index in [1.54, 1.807) is 6.20 Å². The van der Waals surface area contributed by atoms with Crippen LogP contribution in [-0.4, -0.2) is 56.9 Å². The minimum absolute atomic E-state index is 0.0496. The lowest BCUT2D eigenvalue weighted by Gasteiger charge is -2.42. The molecule has 1 aromatic heterocycles. The number of urea groups is 1. The largest absolute Gasteiger partial charge is 0.480 e. The molecule has 192 valence electrons. The highest BCUT2D eigenvalue weighted by atomic mass is 16.4. The molecule has 2 unspecified atom stereocenters. The van der Waals surface area contributed by atoms with E-state index in [-0.39, 0.29) is 30.7 Å². The van der Waals surface area contributed by atoms with E-state index in [0.29, 0.717) is 6.42 Å². The summed E-state index contributed by atoms with van der Waals surface area (Å²) in [6.45, 7) is 0. The molecule has 0 radical (unpaired) electrons. The van der Waals surface area contributed by atoms with Crippen molar-refractivity contribution in [2.75, 3.05) is 0 Å². The van der Waals surface area contributed by atoms with Crippen molar-refractivity contribution < 1.29 is 24.3 Å². The van der Waals surface area contributed by atoms with E-state index in [9.17, 15) is 24.3 Å². The molecule has 1 saturated carbocycles. The van der Waals surface area contributed by atoms with Gasteiger partial charge in [-0.25, -0.2) is 9.59 Å². The zero-order valence-electron chi connectivity index (χ0n) is 20.4. The topological polar surface area (TPSA) is 132 Å². The Bertz CT molecular complexity index is 1320. The number of aliphatic carboxylic acids is 1. The fourth-order valence-electron chi connectivity index (χ4n) is 5.53. The van der Waals surface area contributed by atoms with E-state index < -0.39 is 30.0 Å². The van der Waals surface area contributed by atoms with Crippen LogP contribution < -0.4 is 10.6 Å². The fraction of sp³-hybridized carbons (Fsp3) is 0.357. The van der Waals surface area contributed by atoms with Gasteiger partial charge in [-0.15, -0.1) is 0 Å². The maximum absolute atomic E-state index is 13.6. The minimum atomic E-state index is -1.24. The average Bonchev–Trinajstić information content (AvgIpc) is 3.31. The van der Waals surface area contributed by atoms with Crippen molar-refractivity contribution in [2.24, 2.45) is 5.92 Å². The average molecular weight is 503 g/mol. The first kappa shape index (κ1) is 24.5. The van der Waals surface area contributed by atoms with Gasteiger partial charge in [-0.3, -0.25) is 14.5 Å². The smallest absolute Gasteiger partial charge is 0.326 e. The van der Waals surface area contributed by atoms with Crippen LogP contribution in [0.25, 0.3) is 10.9 Å². The van der Waals surface area contributed by atoms with Crippen molar-refractivity contribution in [3.63, 3.8) is 0 Å². The first-order valence-electron chi connectivity index (χ1n) is 12.7. The third-order valence-electron chi connectivity index (χ3n) is 7.45. The van der Waals surface area contributed by atoms with Crippen molar-refractivity contribution >= 4 is 34.7 Å². The molecule has 2 fully saturated rings. The Hall–Kier alpha value is -4.14. The fourth-order valence-corrected chi connectivity index (χ4v) is 5.53. The Kier molecular flexibility index (Phi) is 6.94. The predicted octanol–water partition coefficient (Wildman–Crippen LogP) is 3.00. The Morgan fingerprint density at radius 3 is 2.51 bits per heavy atom. The van der Waals surface area contributed by atoms with Crippen LogP contribution in [0.3, 0.4) is 0 Å². The molecule has 9 heteroatoms. The van der Waals surface area contributed by atoms with Crippen molar-refractivity contribution in [1.29, 1.82) is 0 Å². The summed E-state index contributed by atoms with van der Waals surface area (Å²) in [5.41, 5.74) is 2.38. The Morgan fingerprint density at radius 1 is 1.00 bits per heavy atom. The van der Waals surface area contributed by atoms with Gasteiger partial charge in [0.05, 0.1) is 5.92 Å². The number of nitrogens with zero attached hydrogens (tertiary/aromatic N) is 1. The van der Waals surface area contributed by atoms with Gasteiger partial charge < -0.3 is 20.7 Å². The first-order valence-corrected chi connectivity index (χ1v) is 12.7. The monoisotopic (exact) mass is 502 g/mol. The molecule has 5 rings (SSSR count). The number of benzene rings is 2. The number of aromatic amines is 1. The molecule has 4 amide bonds. The molecule has 1 aliphatic heterocycles. The SMILES string of the molecule is O=C(N[C@H](Cc1c[nH]c2ccccc12)C(=O)O)[C@@H](Cc1ccccc1)N1C(=O)NC2CCCCC2C1=O. The number of para-hydroxylation sites is 1. The summed E-state index contributed by atoms with van der Waals surface area (Å²) in [5.74, 6) is -2.61. The summed E-state index contributed by atoms with van der Waals surface area (Å²) in [5, 5.41) is 16.4. The summed E-state index contributed by atoms with van der Waals surface area (Å²) in [6.07, 6.45) is 5.08. The molecular weight excluding hydrogens is 472 g/mol. The highest BCUT2D eigenvalue weighted by Gasteiger charge is 2.46. The lowest BCUT2D eigenvalue weighted by molar-refractivity contribution is -0.145. The number of rotatable bonds is 8. The molecule has 2 heterocycles. The van der Waals surface area contributed by atoms with Gasteiger partial charge in [-0.2, -0.15) is 0 Å². The van der Waals surface area contributed by atoms with E-state index >= 15 is 0 Å². The number of carbonyl (C=O) groups excluding carboxylic acids is 3. The van der Waals surface area contributed by atoms with Gasteiger partial charge in [-0.1, -0.05) is 61.4 Å². The summed E-state index contributed by atoms with van der Waals surface area (Å²) in [7, 11) is 0. The summed E-state index contributed by atoms with van der Waals surface area (Å²) < 4.78 is 0. The number of carbonyl (C=O) groups is 4. The molecule has 1 saturated heterocycles. The van der Waals surface area contributed by atoms with Crippen molar-refractivity contribution in [3.05, 3.63) is 71.9 Å². The standard InChI is InChI=1S/C28H30N4O5/c33-25(30-23(27(35)36)15-18-16-29-21-12-6-4-10-19(18)21)24(14-17-8-2-1-3-9-17)32-26(34)20-11-5-7-13-22(20)31-28(32)37/h1-4,6,8-10,12,16,20,22-24,29H,5,7,11,13-15H2,(H,30,33)(H,31,37)(H,35,36)/t20?,22?,23-,24-/m1/s1. The Labute approximate surface area is 214 Å². The molecule has 3 aromatic rings. The molecule has 4 atom stereocenters. The third kappa shape index (κ3) is 5.07. The maximum atomic E-state index is 13.6. The van der Waals surface area contributed by atoms with Gasteiger partial charge in [0.2, 0.25) is 11.8 Å². The summed E-state index contributed by atoms with van der Waals surface area (Å²) in [4.78, 5) is 56.6. The molecule has 1 aliphatic carbocycles. The Balaban J connectivity index is 1.41. The zero-order chi connectivity index (χ0) is 25.9. The number of carboxylic acids is 1. The summed E-state index contributed by atoms with van der Waals surface area (Å²) >= 11 is 0. The summed E-state index contributed by atoms with van der Waals surface area (Å²) in [6, 6.07) is 13.4. The predicted molar refractivity (Wildman–Crippen MR) is 137 cm³/mol. The lowest BCUT2D eigenvalue weighted by Crippen LogP contribution is -2.66. The van der Waals surface area contributed by atoms with E-state index in [4.69, 9.17) is 0 Å². The van der Waals surface area contributed by atoms with Gasteiger partial charge in [0.1, 0.15) is 12.1 Å². The molecule has 37 heavy (non-hydrogen) atoms. The van der Waals surface area contributed by atoms with Gasteiger partial charge in [0.25, 0.3) is 0 Å². The number of H-pyrrole nitrogens is 1. The van der Waals surface area contributed by atoms with Crippen molar-refractivity contribution in [3.8, 4) is 0 Å². The van der Waals surface area contributed by atoms with Crippen LogP contribution >= 0.6 is 0 Å². The number of hydrogen-bond donors (Lipinski definition) is 4. The van der Waals surface area contributed by atoms with E-state index in [2.05, 4.69) is 15.6 Å².